The van der Waals surface area contributed by atoms with Gasteiger partial charge in [0.15, 0.2) is 0 Å². The van der Waals surface area contributed by atoms with E-state index in [-0.39, 0.29) is 37.3 Å². The fourth-order valence-corrected chi connectivity index (χ4v) is 0.847. The lowest BCUT2D eigenvalue weighted by Crippen LogP contribution is -2.38. The van der Waals surface area contributed by atoms with E-state index in [1.54, 1.807) is 6.92 Å². The maximum atomic E-state index is 11.1. The van der Waals surface area contributed by atoms with E-state index in [1.165, 1.54) is 0 Å². The standard InChI is InChI=1S/C9H17NO4/c1-6(5-11)7(2)10-8(12)3-4-9(13)14/h6-7,11H,3-5H2,1-2H3,(H,10,12)(H,13,14). The van der Waals surface area contributed by atoms with Crippen molar-refractivity contribution in [3.63, 3.8) is 0 Å². The number of aliphatic carboxylic acids is 1. The van der Waals surface area contributed by atoms with Crippen LogP contribution in [-0.4, -0.2) is 34.7 Å². The van der Waals surface area contributed by atoms with Gasteiger partial charge in [0, 0.05) is 19.1 Å². The summed E-state index contributed by atoms with van der Waals surface area (Å²) in [5.74, 6) is -1.30. The zero-order chi connectivity index (χ0) is 11.1. The third-order valence-corrected chi connectivity index (χ3v) is 2.10. The Labute approximate surface area is 83.1 Å². The van der Waals surface area contributed by atoms with Crippen molar-refractivity contribution in [3.8, 4) is 0 Å². The number of carbonyl (C=O) groups is 2. The van der Waals surface area contributed by atoms with Crippen LogP contribution in [0.5, 0.6) is 0 Å². The molecular weight excluding hydrogens is 186 g/mol. The molecule has 0 aromatic carbocycles. The number of hydrogen-bond donors (Lipinski definition) is 3. The number of nitrogens with one attached hydrogen (secondary N) is 1. The van der Waals surface area contributed by atoms with Crippen LogP contribution in [0.4, 0.5) is 0 Å². The molecule has 0 radical (unpaired) electrons. The van der Waals surface area contributed by atoms with E-state index >= 15 is 0 Å². The van der Waals surface area contributed by atoms with Crippen molar-refractivity contribution in [2.24, 2.45) is 5.92 Å². The smallest absolute Gasteiger partial charge is 0.303 e. The van der Waals surface area contributed by atoms with E-state index in [4.69, 9.17) is 10.2 Å². The molecule has 0 fully saturated rings. The van der Waals surface area contributed by atoms with E-state index in [9.17, 15) is 9.59 Å². The summed E-state index contributed by atoms with van der Waals surface area (Å²) >= 11 is 0. The first-order chi connectivity index (χ1) is 6.47. The number of aliphatic hydroxyl groups is 1. The Morgan fingerprint density at radius 1 is 1.29 bits per heavy atom. The summed E-state index contributed by atoms with van der Waals surface area (Å²) in [4.78, 5) is 21.3. The second-order valence-corrected chi connectivity index (χ2v) is 3.41. The van der Waals surface area contributed by atoms with Crippen LogP contribution in [0.2, 0.25) is 0 Å². The van der Waals surface area contributed by atoms with Crippen molar-refractivity contribution in [1.29, 1.82) is 0 Å². The minimum Gasteiger partial charge on any atom is -0.481 e. The van der Waals surface area contributed by atoms with Crippen LogP contribution in [0.25, 0.3) is 0 Å². The van der Waals surface area contributed by atoms with Gasteiger partial charge in [0.25, 0.3) is 0 Å². The maximum absolute atomic E-state index is 11.1. The van der Waals surface area contributed by atoms with Crippen molar-refractivity contribution in [1.82, 2.24) is 5.32 Å². The number of hydrogen-bond acceptors (Lipinski definition) is 3. The summed E-state index contributed by atoms with van der Waals surface area (Å²) in [6.07, 6.45) is -0.177. The van der Waals surface area contributed by atoms with Crippen LogP contribution in [0.15, 0.2) is 0 Å². The van der Waals surface area contributed by atoms with E-state index in [2.05, 4.69) is 5.32 Å². The van der Waals surface area contributed by atoms with Crippen LogP contribution >= 0.6 is 0 Å². The lowest BCUT2D eigenvalue weighted by atomic mass is 10.1. The molecule has 0 aliphatic rings. The maximum Gasteiger partial charge on any atom is 0.303 e. The summed E-state index contributed by atoms with van der Waals surface area (Å²) in [6, 6.07) is -0.138. The summed E-state index contributed by atoms with van der Waals surface area (Å²) in [5.41, 5.74) is 0. The summed E-state index contributed by atoms with van der Waals surface area (Å²) in [7, 11) is 0. The zero-order valence-corrected chi connectivity index (χ0v) is 8.49. The van der Waals surface area contributed by atoms with Crippen molar-refractivity contribution >= 4 is 11.9 Å². The second kappa shape index (κ2) is 6.37. The molecule has 0 aromatic rings. The molecule has 2 unspecified atom stereocenters. The Kier molecular flexibility index (Phi) is 5.87. The van der Waals surface area contributed by atoms with E-state index < -0.39 is 5.97 Å². The summed E-state index contributed by atoms with van der Waals surface area (Å²) < 4.78 is 0. The van der Waals surface area contributed by atoms with Gasteiger partial charge in [0.2, 0.25) is 5.91 Å². The molecule has 1 amide bonds. The van der Waals surface area contributed by atoms with Gasteiger partial charge in [-0.25, -0.2) is 0 Å². The fourth-order valence-electron chi connectivity index (χ4n) is 0.847. The van der Waals surface area contributed by atoms with E-state index in [0.717, 1.165) is 0 Å². The molecule has 14 heavy (non-hydrogen) atoms. The van der Waals surface area contributed by atoms with Crippen molar-refractivity contribution in [2.75, 3.05) is 6.61 Å². The summed E-state index contributed by atoms with van der Waals surface area (Å²) in [5, 5.41) is 19.7. The van der Waals surface area contributed by atoms with Crippen LogP contribution < -0.4 is 5.32 Å². The van der Waals surface area contributed by atoms with Gasteiger partial charge in [-0.05, 0) is 12.8 Å². The first-order valence-electron chi connectivity index (χ1n) is 4.59. The van der Waals surface area contributed by atoms with Gasteiger partial charge in [-0.2, -0.15) is 0 Å². The average molecular weight is 203 g/mol. The number of carboxylic acids is 1. The largest absolute Gasteiger partial charge is 0.481 e. The highest BCUT2D eigenvalue weighted by Gasteiger charge is 2.14. The predicted molar refractivity (Wildman–Crippen MR) is 50.7 cm³/mol. The fraction of sp³-hybridized carbons (Fsp3) is 0.778. The van der Waals surface area contributed by atoms with Crippen LogP contribution in [0.3, 0.4) is 0 Å². The Morgan fingerprint density at radius 2 is 1.86 bits per heavy atom. The van der Waals surface area contributed by atoms with Crippen molar-refractivity contribution < 1.29 is 19.8 Å². The molecule has 5 heteroatoms. The molecule has 0 aromatic heterocycles. The third kappa shape index (κ3) is 5.53. The van der Waals surface area contributed by atoms with Gasteiger partial charge in [0.05, 0.1) is 6.42 Å². The monoisotopic (exact) mass is 203 g/mol. The minimum absolute atomic E-state index is 0.000374. The lowest BCUT2D eigenvalue weighted by molar-refractivity contribution is -0.139. The molecule has 5 nitrogen and oxygen atoms in total. The molecule has 2 atom stereocenters. The molecule has 0 rings (SSSR count). The first kappa shape index (κ1) is 12.9. The second-order valence-electron chi connectivity index (χ2n) is 3.41. The van der Waals surface area contributed by atoms with Crippen LogP contribution in [0.1, 0.15) is 26.7 Å². The van der Waals surface area contributed by atoms with Gasteiger partial charge in [-0.1, -0.05) is 6.92 Å². The normalized spacial score (nSPS) is 14.5. The molecule has 0 saturated heterocycles. The number of carbonyl (C=O) groups excluding carboxylic acids is 1. The minimum atomic E-state index is -0.983. The van der Waals surface area contributed by atoms with Gasteiger partial charge < -0.3 is 15.5 Å². The highest BCUT2D eigenvalue weighted by atomic mass is 16.4. The van der Waals surface area contributed by atoms with Gasteiger partial charge in [-0.15, -0.1) is 0 Å². The van der Waals surface area contributed by atoms with Crippen molar-refractivity contribution in [2.45, 2.75) is 32.7 Å². The number of aliphatic hydroxyl groups excluding tert-OH is 1. The zero-order valence-electron chi connectivity index (χ0n) is 8.49. The molecule has 0 heterocycles. The molecule has 3 N–H and O–H groups in total. The van der Waals surface area contributed by atoms with Gasteiger partial charge in [0.1, 0.15) is 0 Å². The SMILES string of the molecule is CC(CO)C(C)NC(=O)CCC(=O)O. The first-order valence-corrected chi connectivity index (χ1v) is 4.59. The number of carboxylic acid groups (broad SMARTS) is 1. The molecule has 0 aliphatic heterocycles. The molecule has 0 saturated carbocycles. The van der Waals surface area contributed by atoms with Crippen molar-refractivity contribution in [3.05, 3.63) is 0 Å². The van der Waals surface area contributed by atoms with Gasteiger partial charge >= 0.3 is 5.97 Å². The Bertz CT molecular complexity index is 205. The highest BCUT2D eigenvalue weighted by molar-refractivity contribution is 5.80. The molecule has 0 aliphatic carbocycles. The highest BCUT2D eigenvalue weighted by Crippen LogP contribution is 2.01. The topological polar surface area (TPSA) is 86.6 Å². The lowest BCUT2D eigenvalue weighted by Gasteiger charge is -2.18. The van der Waals surface area contributed by atoms with Crippen LogP contribution in [0, 0.1) is 5.92 Å². The number of amides is 1. The van der Waals surface area contributed by atoms with E-state index in [1.807, 2.05) is 6.92 Å². The number of rotatable bonds is 6. The average Bonchev–Trinajstić information content (AvgIpc) is 2.13. The molecule has 0 bridgehead atoms. The Morgan fingerprint density at radius 3 is 2.29 bits per heavy atom. The Balaban J connectivity index is 3.76. The third-order valence-electron chi connectivity index (χ3n) is 2.10. The summed E-state index contributed by atoms with van der Waals surface area (Å²) in [6.45, 7) is 3.59. The molecule has 82 valence electrons. The van der Waals surface area contributed by atoms with Gasteiger partial charge in [-0.3, -0.25) is 9.59 Å². The van der Waals surface area contributed by atoms with E-state index in [0.29, 0.717) is 0 Å². The predicted octanol–water partition coefficient (Wildman–Crippen LogP) is -0.0157. The van der Waals surface area contributed by atoms with Crippen LogP contribution in [-0.2, 0) is 9.59 Å². The Hall–Kier alpha value is -1.10. The quantitative estimate of drug-likeness (QED) is 0.566. The molecular formula is C9H17NO4. The molecule has 0 spiro atoms.